The summed E-state index contributed by atoms with van der Waals surface area (Å²) in [5.41, 5.74) is 10.0. The zero-order valence-electron chi connectivity index (χ0n) is 11.0. The fourth-order valence-corrected chi connectivity index (χ4v) is 2.13. The number of hydrogen-bond donors (Lipinski definition) is 2. The van der Waals surface area contributed by atoms with Crippen molar-refractivity contribution in [2.45, 2.75) is 0 Å². The van der Waals surface area contributed by atoms with Crippen LogP contribution in [-0.4, -0.2) is 4.98 Å². The first kappa shape index (κ1) is 12.2. The Balaban J connectivity index is 2.01. The van der Waals surface area contributed by atoms with Gasteiger partial charge in [0, 0.05) is 17.4 Å². The maximum absolute atomic E-state index is 5.88. The predicted molar refractivity (Wildman–Crippen MR) is 83.8 cm³/mol. The van der Waals surface area contributed by atoms with Crippen LogP contribution in [0, 0.1) is 0 Å². The Kier molecular flexibility index (Phi) is 3.33. The van der Waals surface area contributed by atoms with Crippen LogP contribution in [0.3, 0.4) is 0 Å². The Hall–Kier alpha value is -2.81. The first-order valence-electron chi connectivity index (χ1n) is 6.46. The molecular formula is C17H15N3. The van der Waals surface area contributed by atoms with Crippen molar-refractivity contribution >= 4 is 17.2 Å². The number of pyridine rings is 1. The van der Waals surface area contributed by atoms with Gasteiger partial charge < -0.3 is 11.1 Å². The molecule has 1 heterocycles. The fraction of sp³-hybridized carbons (Fsp3) is 0. The second kappa shape index (κ2) is 5.45. The average molecular weight is 261 g/mol. The number of nitrogens with one attached hydrogen (secondary N) is 1. The van der Waals surface area contributed by atoms with E-state index in [0.717, 1.165) is 22.5 Å². The van der Waals surface area contributed by atoms with Gasteiger partial charge in [-0.1, -0.05) is 48.5 Å². The molecule has 1 aromatic heterocycles. The molecule has 0 aliphatic rings. The molecule has 3 N–H and O–H groups in total. The number of nitrogens with two attached hydrogens (primary N) is 1. The Morgan fingerprint density at radius 2 is 1.45 bits per heavy atom. The summed E-state index contributed by atoms with van der Waals surface area (Å²) < 4.78 is 0. The molecule has 2 aromatic carbocycles. The molecule has 0 saturated carbocycles. The van der Waals surface area contributed by atoms with Gasteiger partial charge in [0.05, 0.1) is 5.69 Å². The lowest BCUT2D eigenvalue weighted by molar-refractivity contribution is 1.33. The van der Waals surface area contributed by atoms with Crippen LogP contribution in [0.5, 0.6) is 0 Å². The van der Waals surface area contributed by atoms with Gasteiger partial charge in [-0.2, -0.15) is 0 Å². The molecule has 0 aliphatic carbocycles. The second-order valence-corrected chi connectivity index (χ2v) is 4.47. The maximum atomic E-state index is 5.88. The molecule has 0 radical (unpaired) electrons. The van der Waals surface area contributed by atoms with Crippen LogP contribution in [0.4, 0.5) is 17.2 Å². The molecule has 0 fully saturated rings. The van der Waals surface area contributed by atoms with E-state index >= 15 is 0 Å². The first-order chi connectivity index (χ1) is 9.84. The van der Waals surface area contributed by atoms with Crippen molar-refractivity contribution in [1.29, 1.82) is 0 Å². The maximum Gasteiger partial charge on any atom is 0.147 e. The minimum Gasteiger partial charge on any atom is -0.382 e. The molecular weight excluding hydrogens is 246 g/mol. The van der Waals surface area contributed by atoms with E-state index in [1.54, 1.807) is 6.20 Å². The Bertz CT molecular complexity index is 708. The third kappa shape index (κ3) is 2.47. The standard InChI is InChI=1S/C17H15N3/c18-17-16(11-6-12-19-17)20-15-10-5-4-9-14(15)13-7-2-1-3-8-13/h1-12,20H,(H2,18,19). The Morgan fingerprint density at radius 1 is 0.750 bits per heavy atom. The normalized spacial score (nSPS) is 10.2. The zero-order valence-corrected chi connectivity index (χ0v) is 11.0. The molecule has 20 heavy (non-hydrogen) atoms. The van der Waals surface area contributed by atoms with Crippen LogP contribution in [0.1, 0.15) is 0 Å². The third-order valence-electron chi connectivity index (χ3n) is 3.12. The molecule has 0 bridgehead atoms. The van der Waals surface area contributed by atoms with Crippen LogP contribution in [0.25, 0.3) is 11.1 Å². The molecule has 0 unspecified atom stereocenters. The van der Waals surface area contributed by atoms with E-state index in [2.05, 4.69) is 28.5 Å². The van der Waals surface area contributed by atoms with Crippen LogP contribution in [0.15, 0.2) is 72.9 Å². The van der Waals surface area contributed by atoms with Gasteiger partial charge in [-0.15, -0.1) is 0 Å². The number of benzene rings is 2. The summed E-state index contributed by atoms with van der Waals surface area (Å²) in [5.74, 6) is 0.496. The SMILES string of the molecule is Nc1ncccc1Nc1ccccc1-c1ccccc1. The number of nitrogens with zero attached hydrogens (tertiary/aromatic N) is 1. The molecule has 0 spiro atoms. The highest BCUT2D eigenvalue weighted by Crippen LogP contribution is 2.31. The van der Waals surface area contributed by atoms with E-state index in [9.17, 15) is 0 Å². The molecule has 0 aliphatic heterocycles. The van der Waals surface area contributed by atoms with Crippen LogP contribution < -0.4 is 11.1 Å². The minimum atomic E-state index is 0.496. The Labute approximate surface area is 118 Å². The van der Waals surface area contributed by atoms with Crippen molar-refractivity contribution in [3.05, 3.63) is 72.9 Å². The Morgan fingerprint density at radius 3 is 2.25 bits per heavy atom. The lowest BCUT2D eigenvalue weighted by atomic mass is 10.0. The zero-order chi connectivity index (χ0) is 13.8. The van der Waals surface area contributed by atoms with Crippen LogP contribution in [-0.2, 0) is 0 Å². The fourth-order valence-electron chi connectivity index (χ4n) is 2.13. The van der Waals surface area contributed by atoms with Crippen molar-refractivity contribution in [1.82, 2.24) is 4.98 Å². The van der Waals surface area contributed by atoms with Gasteiger partial charge in [0.2, 0.25) is 0 Å². The highest BCUT2D eigenvalue weighted by Gasteiger charge is 2.06. The number of nitrogen functional groups attached to an aromatic ring is 1. The summed E-state index contributed by atoms with van der Waals surface area (Å²) in [6.45, 7) is 0. The highest BCUT2D eigenvalue weighted by atomic mass is 15.0. The highest BCUT2D eigenvalue weighted by molar-refractivity contribution is 5.82. The van der Waals surface area contributed by atoms with Crippen LogP contribution >= 0.6 is 0 Å². The molecule has 3 rings (SSSR count). The van der Waals surface area contributed by atoms with E-state index < -0.39 is 0 Å². The van der Waals surface area contributed by atoms with Gasteiger partial charge in [0.15, 0.2) is 0 Å². The molecule has 3 nitrogen and oxygen atoms in total. The first-order valence-corrected chi connectivity index (χ1v) is 6.46. The van der Waals surface area contributed by atoms with E-state index in [1.165, 1.54) is 0 Å². The summed E-state index contributed by atoms with van der Waals surface area (Å²) in [6.07, 6.45) is 1.68. The minimum absolute atomic E-state index is 0.496. The lowest BCUT2D eigenvalue weighted by Gasteiger charge is -2.13. The van der Waals surface area contributed by atoms with E-state index in [4.69, 9.17) is 5.73 Å². The van der Waals surface area contributed by atoms with Crippen LogP contribution in [0.2, 0.25) is 0 Å². The molecule has 0 amide bonds. The number of anilines is 3. The summed E-state index contributed by atoms with van der Waals surface area (Å²) in [7, 11) is 0. The number of aromatic nitrogens is 1. The summed E-state index contributed by atoms with van der Waals surface area (Å²) >= 11 is 0. The molecule has 0 saturated heterocycles. The number of para-hydroxylation sites is 1. The monoisotopic (exact) mass is 261 g/mol. The number of hydrogen-bond acceptors (Lipinski definition) is 3. The third-order valence-corrected chi connectivity index (χ3v) is 3.12. The topological polar surface area (TPSA) is 50.9 Å². The van der Waals surface area contributed by atoms with Crippen molar-refractivity contribution in [2.75, 3.05) is 11.1 Å². The smallest absolute Gasteiger partial charge is 0.147 e. The van der Waals surface area contributed by atoms with Gasteiger partial charge in [-0.05, 0) is 23.8 Å². The quantitative estimate of drug-likeness (QED) is 0.747. The molecule has 98 valence electrons. The van der Waals surface area contributed by atoms with Crippen molar-refractivity contribution in [2.24, 2.45) is 0 Å². The summed E-state index contributed by atoms with van der Waals surface area (Å²) in [4.78, 5) is 4.09. The second-order valence-electron chi connectivity index (χ2n) is 4.47. The van der Waals surface area contributed by atoms with Crippen molar-refractivity contribution in [3.8, 4) is 11.1 Å². The predicted octanol–water partition coefficient (Wildman–Crippen LogP) is 4.07. The number of rotatable bonds is 3. The van der Waals surface area contributed by atoms with Gasteiger partial charge in [0.25, 0.3) is 0 Å². The largest absolute Gasteiger partial charge is 0.382 e. The van der Waals surface area contributed by atoms with Gasteiger partial charge in [-0.3, -0.25) is 0 Å². The average Bonchev–Trinajstić information content (AvgIpc) is 2.51. The summed E-state index contributed by atoms with van der Waals surface area (Å²) in [6, 6.07) is 22.2. The van der Waals surface area contributed by atoms with E-state index in [1.807, 2.05) is 48.5 Å². The van der Waals surface area contributed by atoms with E-state index in [-0.39, 0.29) is 0 Å². The van der Waals surface area contributed by atoms with Gasteiger partial charge in [-0.25, -0.2) is 4.98 Å². The van der Waals surface area contributed by atoms with E-state index in [0.29, 0.717) is 5.82 Å². The summed E-state index contributed by atoms with van der Waals surface area (Å²) in [5, 5.41) is 3.35. The van der Waals surface area contributed by atoms with Gasteiger partial charge >= 0.3 is 0 Å². The van der Waals surface area contributed by atoms with Crippen molar-refractivity contribution < 1.29 is 0 Å². The van der Waals surface area contributed by atoms with Gasteiger partial charge in [0.1, 0.15) is 5.82 Å². The molecule has 0 atom stereocenters. The van der Waals surface area contributed by atoms with Crippen molar-refractivity contribution in [3.63, 3.8) is 0 Å². The molecule has 3 heteroatoms. The molecule has 3 aromatic rings. The lowest BCUT2D eigenvalue weighted by Crippen LogP contribution is -1.99.